The molecule has 13 rings (SSSR count). The highest BCUT2D eigenvalue weighted by Crippen LogP contribution is 2.66. The molecule has 0 spiro atoms. The summed E-state index contributed by atoms with van der Waals surface area (Å²) in [6, 6.07) is 50.4. The Balaban J connectivity index is 1.17. The van der Waals surface area contributed by atoms with Crippen molar-refractivity contribution in [2.45, 2.75) is 92.9 Å². The van der Waals surface area contributed by atoms with Gasteiger partial charge in [-0.05, 0) is 227 Å². The molecule has 0 saturated carbocycles. The van der Waals surface area contributed by atoms with Gasteiger partial charge in [0.2, 0.25) is 0 Å². The molecule has 0 aromatic heterocycles. The van der Waals surface area contributed by atoms with Crippen LogP contribution in [0.5, 0.6) is 11.5 Å². The SMILES string of the molecule is Cc1cc(C)c(-c2c3ccccc3c(-c3cc4c(c5c3OP(=S)(S)Oc3c(-c6c7ccccc7c(-c7c(C)cc(C)cc7C)c7ccccc67)cc6c(c3-5)CCCC6)CCCC4)c3ccccc23)c(C)c1. The maximum atomic E-state index is 7.48. The third kappa shape index (κ3) is 7.07. The first-order valence-electron chi connectivity index (χ1n) is 25.6. The highest BCUT2D eigenvalue weighted by atomic mass is 32.9. The van der Waals surface area contributed by atoms with Crippen LogP contribution in [0.4, 0.5) is 0 Å². The molecule has 0 amide bonds. The van der Waals surface area contributed by atoms with Crippen LogP contribution in [-0.4, -0.2) is 0 Å². The van der Waals surface area contributed by atoms with Gasteiger partial charge < -0.3 is 9.05 Å². The zero-order valence-corrected chi connectivity index (χ0v) is 44.1. The molecule has 0 atom stereocenters. The predicted octanol–water partition coefficient (Wildman–Crippen LogP) is 19.2. The topological polar surface area (TPSA) is 18.5 Å². The molecule has 0 unspecified atom stereocenters. The average molecular weight is 977 g/mol. The van der Waals surface area contributed by atoms with E-state index >= 15 is 0 Å². The first kappa shape index (κ1) is 44.8. The lowest BCUT2D eigenvalue weighted by atomic mass is 9.75. The minimum absolute atomic E-state index is 0.828. The van der Waals surface area contributed by atoms with Crippen molar-refractivity contribution in [3.05, 3.63) is 189 Å². The van der Waals surface area contributed by atoms with Gasteiger partial charge in [0.05, 0.1) is 0 Å². The summed E-state index contributed by atoms with van der Waals surface area (Å²) in [4.78, 5) is 0. The zero-order valence-electron chi connectivity index (χ0n) is 41.5. The number of hydrogen-bond acceptors (Lipinski definition) is 3. The molecule has 10 aromatic rings. The largest absolute Gasteiger partial charge is 0.427 e. The van der Waals surface area contributed by atoms with E-state index in [-0.39, 0.29) is 0 Å². The summed E-state index contributed by atoms with van der Waals surface area (Å²) >= 11 is 12.0. The zero-order chi connectivity index (χ0) is 48.4. The van der Waals surface area contributed by atoms with E-state index in [0.717, 1.165) is 74.0 Å². The van der Waals surface area contributed by atoms with Gasteiger partial charge in [-0.1, -0.05) is 145 Å². The van der Waals surface area contributed by atoms with Crippen LogP contribution in [0.1, 0.15) is 81.3 Å². The number of fused-ring (bicyclic) bond motifs is 11. The van der Waals surface area contributed by atoms with E-state index in [2.05, 4.69) is 175 Å². The van der Waals surface area contributed by atoms with Crippen molar-refractivity contribution in [2.75, 3.05) is 0 Å². The minimum Gasteiger partial charge on any atom is -0.427 e. The summed E-state index contributed by atoms with van der Waals surface area (Å²) in [5, 5.41) is 9.74. The van der Waals surface area contributed by atoms with E-state index in [4.69, 9.17) is 33.1 Å². The van der Waals surface area contributed by atoms with E-state index in [1.807, 2.05) is 0 Å². The monoisotopic (exact) mass is 976 g/mol. The van der Waals surface area contributed by atoms with Crippen LogP contribution >= 0.6 is 17.9 Å². The normalized spacial score (nSPS) is 14.9. The summed E-state index contributed by atoms with van der Waals surface area (Å²) in [7, 11) is 0. The average Bonchev–Trinajstić information content (AvgIpc) is 3.48. The van der Waals surface area contributed by atoms with Crippen molar-refractivity contribution >= 4 is 72.8 Å². The summed E-state index contributed by atoms with van der Waals surface area (Å²) in [6.45, 7) is 13.5. The molecule has 0 saturated heterocycles. The lowest BCUT2D eigenvalue weighted by Gasteiger charge is -2.29. The Morgan fingerprint density at radius 1 is 0.366 bits per heavy atom. The van der Waals surface area contributed by atoms with E-state index in [1.165, 1.54) is 143 Å². The van der Waals surface area contributed by atoms with Crippen LogP contribution in [0.25, 0.3) is 98.7 Å². The van der Waals surface area contributed by atoms with Gasteiger partial charge in [0, 0.05) is 33.4 Å². The summed E-state index contributed by atoms with van der Waals surface area (Å²) in [5.41, 5.74) is 22.0. The van der Waals surface area contributed by atoms with Gasteiger partial charge in [0.25, 0.3) is 0 Å². The van der Waals surface area contributed by atoms with Gasteiger partial charge in [-0.2, -0.15) is 0 Å². The van der Waals surface area contributed by atoms with Crippen molar-refractivity contribution in [1.82, 2.24) is 0 Å². The molecule has 2 aliphatic carbocycles. The molecule has 2 nitrogen and oxygen atoms in total. The lowest BCUT2D eigenvalue weighted by molar-refractivity contribution is 0.517. The lowest BCUT2D eigenvalue weighted by Crippen LogP contribution is -2.10. The van der Waals surface area contributed by atoms with Crippen molar-refractivity contribution in [3.8, 4) is 67.1 Å². The van der Waals surface area contributed by atoms with Crippen LogP contribution in [0.15, 0.2) is 133 Å². The van der Waals surface area contributed by atoms with Crippen LogP contribution in [-0.2, 0) is 37.5 Å². The molecule has 5 heteroatoms. The maximum absolute atomic E-state index is 7.48. The minimum atomic E-state index is -3.33. The summed E-state index contributed by atoms with van der Waals surface area (Å²) < 4.78 is 15.0. The molecule has 71 heavy (non-hydrogen) atoms. The fourth-order valence-electron chi connectivity index (χ4n) is 13.6. The van der Waals surface area contributed by atoms with Gasteiger partial charge in [0.1, 0.15) is 11.5 Å². The van der Waals surface area contributed by atoms with Crippen molar-refractivity contribution in [3.63, 3.8) is 0 Å². The maximum Gasteiger partial charge on any atom is 0.345 e. The number of thiol groups is 1. The van der Waals surface area contributed by atoms with E-state index < -0.39 is 5.69 Å². The number of benzene rings is 10. The number of rotatable bonds is 4. The second-order valence-electron chi connectivity index (χ2n) is 20.8. The first-order chi connectivity index (χ1) is 34.5. The van der Waals surface area contributed by atoms with E-state index in [9.17, 15) is 0 Å². The van der Waals surface area contributed by atoms with Crippen LogP contribution in [0.2, 0.25) is 0 Å². The Kier molecular flexibility index (Phi) is 10.7. The smallest absolute Gasteiger partial charge is 0.345 e. The molecule has 1 aliphatic heterocycles. The van der Waals surface area contributed by atoms with Gasteiger partial charge >= 0.3 is 5.69 Å². The molecule has 0 bridgehead atoms. The third-order valence-electron chi connectivity index (χ3n) is 16.1. The Morgan fingerprint density at radius 3 is 0.958 bits per heavy atom. The molecule has 1 heterocycles. The molecular formula is C66H57O2PS2. The molecule has 0 N–H and O–H groups in total. The van der Waals surface area contributed by atoms with Crippen LogP contribution < -0.4 is 9.05 Å². The highest BCUT2D eigenvalue weighted by Gasteiger charge is 2.38. The second-order valence-corrected chi connectivity index (χ2v) is 26.0. The molecule has 3 aliphatic rings. The third-order valence-corrected chi connectivity index (χ3v) is 17.9. The van der Waals surface area contributed by atoms with Crippen molar-refractivity contribution < 1.29 is 9.05 Å². The molecule has 350 valence electrons. The molecule has 0 fully saturated rings. The fraction of sp³-hybridized carbons (Fsp3) is 0.212. The van der Waals surface area contributed by atoms with E-state index in [0.29, 0.717) is 0 Å². The van der Waals surface area contributed by atoms with Crippen LogP contribution in [0, 0.1) is 41.5 Å². The Bertz CT molecular complexity index is 3590. The molecule has 0 radical (unpaired) electrons. The predicted molar refractivity (Wildman–Crippen MR) is 310 cm³/mol. The van der Waals surface area contributed by atoms with Crippen LogP contribution in [0.3, 0.4) is 0 Å². The second kappa shape index (κ2) is 17.0. The van der Waals surface area contributed by atoms with E-state index in [1.54, 1.807) is 0 Å². The van der Waals surface area contributed by atoms with Crippen molar-refractivity contribution in [2.24, 2.45) is 0 Å². The van der Waals surface area contributed by atoms with Gasteiger partial charge in [0.15, 0.2) is 0 Å². The van der Waals surface area contributed by atoms with Gasteiger partial charge in [-0.15, -0.1) is 0 Å². The standard InChI is InChI=1S/C66H57O2PS2/c1-37-31-39(3)57(40(4)32-37)61-51-27-15-11-23-47(51)59(48-24-12-16-28-52(48)61)55-35-43-19-7-9-21-45(43)63-64-46-22-10-8-20-44(46)36-56(66(64)68-69(70,71)67-65(55)63)60-49-25-13-17-29-53(49)62(54-30-18-14-26-50(54)60)58-41(5)33-38(2)34-42(58)6/h11-18,23-36H,7-10,19-22H2,1-6H3,(H,70,71). The number of hydrogen-bond donors (Lipinski definition) is 1. The Morgan fingerprint density at radius 2 is 0.648 bits per heavy atom. The van der Waals surface area contributed by atoms with Gasteiger partial charge in [-0.25, -0.2) is 0 Å². The Hall–Kier alpha value is -6.16. The molecule has 10 aromatic carbocycles. The Labute approximate surface area is 428 Å². The molecular weight excluding hydrogens is 920 g/mol. The summed E-state index contributed by atoms with van der Waals surface area (Å²) in [5.74, 6) is 1.66. The number of aryl methyl sites for hydroxylation is 8. The van der Waals surface area contributed by atoms with Crippen molar-refractivity contribution in [1.29, 1.82) is 0 Å². The highest BCUT2D eigenvalue weighted by molar-refractivity contribution is 8.60. The quantitative estimate of drug-likeness (QED) is 0.108. The summed E-state index contributed by atoms with van der Waals surface area (Å²) in [6.07, 6.45) is 8.49. The fourth-order valence-corrected chi connectivity index (χ4v) is 15.4. The van der Waals surface area contributed by atoms with Gasteiger partial charge in [-0.3, -0.25) is 0 Å². The first-order valence-corrected chi connectivity index (χ1v) is 29.4.